The highest BCUT2D eigenvalue weighted by atomic mass is 16.6. The fourth-order valence-corrected chi connectivity index (χ4v) is 1.86. The smallest absolute Gasteiger partial charge is 0.310 e. The first kappa shape index (κ1) is 16.9. The van der Waals surface area contributed by atoms with E-state index in [1.54, 1.807) is 12.1 Å². The molecule has 1 N–H and O–H groups in total. The van der Waals surface area contributed by atoms with Crippen LogP contribution in [-0.4, -0.2) is 24.0 Å². The van der Waals surface area contributed by atoms with Crippen LogP contribution in [0.4, 0.5) is 5.69 Å². The molecule has 1 aromatic carbocycles. The molecule has 0 fully saturated rings. The maximum absolute atomic E-state index is 11.6. The Bertz CT molecular complexity index is 489. The summed E-state index contributed by atoms with van der Waals surface area (Å²) < 4.78 is 5.27. The molecule has 0 aliphatic heterocycles. The van der Waals surface area contributed by atoms with E-state index in [1.165, 1.54) is 6.07 Å². The Morgan fingerprint density at radius 1 is 1.33 bits per heavy atom. The van der Waals surface area contributed by atoms with Crippen molar-refractivity contribution in [3.63, 3.8) is 0 Å². The summed E-state index contributed by atoms with van der Waals surface area (Å²) in [6.45, 7) is 4.34. The number of hydrogen-bond acceptors (Lipinski definition) is 4. The van der Waals surface area contributed by atoms with Crippen LogP contribution < -0.4 is 10.1 Å². The van der Waals surface area contributed by atoms with Crippen molar-refractivity contribution in [2.24, 2.45) is 0 Å². The molecular formula is C15H22N2O4. The van der Waals surface area contributed by atoms with Crippen molar-refractivity contribution in [2.45, 2.75) is 39.5 Å². The Kier molecular flexibility index (Phi) is 7.21. The van der Waals surface area contributed by atoms with Gasteiger partial charge in [-0.05, 0) is 25.0 Å². The first-order chi connectivity index (χ1) is 10.0. The second-order valence-electron chi connectivity index (χ2n) is 4.93. The minimum atomic E-state index is -0.516. The van der Waals surface area contributed by atoms with Crippen LogP contribution in [0.15, 0.2) is 18.2 Å². The molecule has 21 heavy (non-hydrogen) atoms. The van der Waals surface area contributed by atoms with Gasteiger partial charge >= 0.3 is 5.69 Å². The molecule has 6 nitrogen and oxygen atoms in total. The number of nitrogens with zero attached hydrogens (tertiary/aromatic N) is 1. The molecule has 0 aromatic heterocycles. The minimum absolute atomic E-state index is 0.126. The van der Waals surface area contributed by atoms with E-state index in [2.05, 4.69) is 12.2 Å². The second-order valence-corrected chi connectivity index (χ2v) is 4.93. The zero-order chi connectivity index (χ0) is 15.7. The molecule has 1 aromatic rings. The Labute approximate surface area is 124 Å². The number of nitro groups is 1. The SMILES string of the molecule is CCCCCCNC(=O)COc1cc(C)ccc1[N+](=O)[O-]. The molecule has 0 atom stereocenters. The average Bonchev–Trinajstić information content (AvgIpc) is 2.44. The number of amides is 1. The highest BCUT2D eigenvalue weighted by molar-refractivity contribution is 5.77. The lowest BCUT2D eigenvalue weighted by atomic mass is 10.2. The summed E-state index contributed by atoms with van der Waals surface area (Å²) in [5.41, 5.74) is 0.715. The predicted octanol–water partition coefficient (Wildman–Crippen LogP) is 2.98. The van der Waals surface area contributed by atoms with E-state index in [4.69, 9.17) is 4.74 Å². The van der Waals surface area contributed by atoms with E-state index in [1.807, 2.05) is 6.92 Å². The fourth-order valence-electron chi connectivity index (χ4n) is 1.86. The van der Waals surface area contributed by atoms with Gasteiger partial charge < -0.3 is 10.1 Å². The quantitative estimate of drug-likeness (QED) is 0.431. The van der Waals surface area contributed by atoms with Gasteiger partial charge in [0.05, 0.1) is 4.92 Å². The van der Waals surface area contributed by atoms with Gasteiger partial charge in [-0.2, -0.15) is 0 Å². The van der Waals surface area contributed by atoms with Gasteiger partial charge in [-0.1, -0.05) is 32.3 Å². The van der Waals surface area contributed by atoms with Crippen molar-refractivity contribution in [3.8, 4) is 5.75 Å². The largest absolute Gasteiger partial charge is 0.477 e. The molecule has 0 radical (unpaired) electrons. The lowest BCUT2D eigenvalue weighted by Crippen LogP contribution is -2.29. The third-order valence-corrected chi connectivity index (χ3v) is 3.02. The number of aryl methyl sites for hydroxylation is 1. The summed E-state index contributed by atoms with van der Waals surface area (Å²) in [5.74, 6) is -0.136. The monoisotopic (exact) mass is 294 g/mol. The first-order valence-electron chi connectivity index (χ1n) is 7.19. The van der Waals surface area contributed by atoms with Crippen molar-refractivity contribution >= 4 is 11.6 Å². The number of nitrogens with one attached hydrogen (secondary N) is 1. The third-order valence-electron chi connectivity index (χ3n) is 3.02. The molecule has 0 heterocycles. The van der Waals surface area contributed by atoms with E-state index in [-0.39, 0.29) is 24.0 Å². The van der Waals surface area contributed by atoms with Crippen LogP contribution >= 0.6 is 0 Å². The summed E-state index contributed by atoms with van der Waals surface area (Å²) >= 11 is 0. The summed E-state index contributed by atoms with van der Waals surface area (Å²) in [4.78, 5) is 22.0. The van der Waals surface area contributed by atoms with E-state index in [9.17, 15) is 14.9 Å². The normalized spacial score (nSPS) is 10.2. The Balaban J connectivity index is 2.42. The molecular weight excluding hydrogens is 272 g/mol. The maximum atomic E-state index is 11.6. The van der Waals surface area contributed by atoms with Gasteiger partial charge in [-0.3, -0.25) is 14.9 Å². The number of unbranched alkanes of at least 4 members (excludes halogenated alkanes) is 3. The first-order valence-corrected chi connectivity index (χ1v) is 7.19. The van der Waals surface area contributed by atoms with Crippen LogP contribution in [0.3, 0.4) is 0 Å². The predicted molar refractivity (Wildman–Crippen MR) is 80.5 cm³/mol. The van der Waals surface area contributed by atoms with Crippen LogP contribution in [0.1, 0.15) is 38.2 Å². The van der Waals surface area contributed by atoms with Crippen LogP contribution in [0.2, 0.25) is 0 Å². The van der Waals surface area contributed by atoms with Gasteiger partial charge in [-0.15, -0.1) is 0 Å². The summed E-state index contributed by atoms with van der Waals surface area (Å²) in [6, 6.07) is 4.58. The zero-order valence-electron chi connectivity index (χ0n) is 12.6. The van der Waals surface area contributed by atoms with E-state index in [0.717, 1.165) is 31.2 Å². The number of benzene rings is 1. The number of hydrogen-bond donors (Lipinski definition) is 1. The minimum Gasteiger partial charge on any atom is -0.477 e. The Hall–Kier alpha value is -2.11. The molecule has 0 aliphatic rings. The van der Waals surface area contributed by atoms with Crippen LogP contribution in [0.25, 0.3) is 0 Å². The molecule has 1 rings (SSSR count). The van der Waals surface area contributed by atoms with Crippen molar-refractivity contribution in [3.05, 3.63) is 33.9 Å². The Morgan fingerprint density at radius 3 is 2.76 bits per heavy atom. The van der Waals surface area contributed by atoms with E-state index in [0.29, 0.717) is 6.54 Å². The van der Waals surface area contributed by atoms with Crippen molar-refractivity contribution in [2.75, 3.05) is 13.2 Å². The second kappa shape index (κ2) is 8.94. The molecule has 0 saturated carbocycles. The van der Waals surface area contributed by atoms with Crippen LogP contribution in [0.5, 0.6) is 5.75 Å². The summed E-state index contributed by atoms with van der Waals surface area (Å²) in [7, 11) is 0. The number of nitro benzene ring substituents is 1. The summed E-state index contributed by atoms with van der Waals surface area (Å²) in [6.07, 6.45) is 4.32. The number of carbonyl (C=O) groups is 1. The topological polar surface area (TPSA) is 81.5 Å². The Morgan fingerprint density at radius 2 is 2.10 bits per heavy atom. The highest BCUT2D eigenvalue weighted by Gasteiger charge is 2.15. The third kappa shape index (κ3) is 6.25. The van der Waals surface area contributed by atoms with Gasteiger partial charge in [0.2, 0.25) is 0 Å². The molecule has 0 unspecified atom stereocenters. The van der Waals surface area contributed by atoms with Gasteiger partial charge in [0.25, 0.3) is 5.91 Å². The van der Waals surface area contributed by atoms with Crippen LogP contribution in [-0.2, 0) is 4.79 Å². The van der Waals surface area contributed by atoms with Crippen molar-refractivity contribution in [1.82, 2.24) is 5.32 Å². The van der Waals surface area contributed by atoms with Crippen molar-refractivity contribution < 1.29 is 14.5 Å². The molecule has 116 valence electrons. The number of carbonyl (C=O) groups excluding carboxylic acids is 1. The lowest BCUT2D eigenvalue weighted by molar-refractivity contribution is -0.385. The fraction of sp³-hybridized carbons (Fsp3) is 0.533. The lowest BCUT2D eigenvalue weighted by Gasteiger charge is -2.08. The highest BCUT2D eigenvalue weighted by Crippen LogP contribution is 2.27. The van der Waals surface area contributed by atoms with Gasteiger partial charge in [0, 0.05) is 12.6 Å². The van der Waals surface area contributed by atoms with E-state index >= 15 is 0 Å². The molecule has 0 spiro atoms. The van der Waals surface area contributed by atoms with Gasteiger partial charge in [0.15, 0.2) is 12.4 Å². The van der Waals surface area contributed by atoms with Gasteiger partial charge in [0.1, 0.15) is 0 Å². The zero-order valence-corrected chi connectivity index (χ0v) is 12.6. The molecule has 0 aliphatic carbocycles. The maximum Gasteiger partial charge on any atom is 0.310 e. The van der Waals surface area contributed by atoms with Crippen LogP contribution in [0, 0.1) is 17.0 Å². The molecule has 0 bridgehead atoms. The average molecular weight is 294 g/mol. The standard InChI is InChI=1S/C15H22N2O4/c1-3-4-5-6-9-16-15(18)11-21-14-10-12(2)7-8-13(14)17(19)20/h7-8,10H,3-6,9,11H2,1-2H3,(H,16,18). The summed E-state index contributed by atoms with van der Waals surface area (Å²) in [5, 5.41) is 13.6. The number of ether oxygens (including phenoxy) is 1. The molecule has 1 amide bonds. The molecule has 6 heteroatoms. The number of rotatable bonds is 9. The molecule has 0 saturated heterocycles. The van der Waals surface area contributed by atoms with Crippen molar-refractivity contribution in [1.29, 1.82) is 0 Å². The van der Waals surface area contributed by atoms with Gasteiger partial charge in [-0.25, -0.2) is 0 Å². The van der Waals surface area contributed by atoms with E-state index < -0.39 is 4.92 Å².